The van der Waals surface area contributed by atoms with Crippen molar-refractivity contribution < 1.29 is 4.92 Å². The Morgan fingerprint density at radius 3 is 2.86 bits per heavy atom. The average molecular weight is 198 g/mol. The molecule has 0 saturated carbocycles. The number of aromatic nitrogens is 2. The molecule has 6 nitrogen and oxygen atoms in total. The zero-order valence-corrected chi connectivity index (χ0v) is 8.14. The summed E-state index contributed by atoms with van der Waals surface area (Å²) in [6, 6.07) is 0. The minimum absolute atomic E-state index is 0.0576. The molecule has 0 aliphatic carbocycles. The van der Waals surface area contributed by atoms with Crippen molar-refractivity contribution in [1.82, 2.24) is 9.55 Å². The molecule has 0 aliphatic rings. The minimum Gasteiger partial charge on any atom is -0.358 e. The van der Waals surface area contributed by atoms with Gasteiger partial charge in [0, 0.05) is 6.54 Å². The van der Waals surface area contributed by atoms with Gasteiger partial charge in [0.1, 0.15) is 5.69 Å². The van der Waals surface area contributed by atoms with Crippen molar-refractivity contribution in [1.29, 1.82) is 0 Å². The molecule has 0 fully saturated rings. The summed E-state index contributed by atoms with van der Waals surface area (Å²) in [6.07, 6.45) is 3.35. The van der Waals surface area contributed by atoms with Crippen molar-refractivity contribution >= 4 is 5.82 Å². The number of nitrogens with two attached hydrogens (primary N) is 1. The first-order chi connectivity index (χ1) is 6.66. The van der Waals surface area contributed by atoms with E-state index in [4.69, 9.17) is 5.73 Å². The molecule has 0 unspecified atom stereocenters. The lowest BCUT2D eigenvalue weighted by Gasteiger charge is -2.01. The van der Waals surface area contributed by atoms with Crippen LogP contribution in [0.25, 0.3) is 0 Å². The summed E-state index contributed by atoms with van der Waals surface area (Å²) in [5.74, 6) is -0.0576. The number of hydrogen-bond acceptors (Lipinski definition) is 4. The molecule has 0 radical (unpaired) electrons. The van der Waals surface area contributed by atoms with Crippen molar-refractivity contribution in [3.8, 4) is 0 Å². The highest BCUT2D eigenvalue weighted by molar-refractivity contribution is 5.25. The van der Waals surface area contributed by atoms with Gasteiger partial charge in [0.2, 0.25) is 6.33 Å². The highest BCUT2D eigenvalue weighted by Crippen LogP contribution is 2.14. The molecule has 0 aliphatic heterocycles. The molecule has 1 rings (SSSR count). The summed E-state index contributed by atoms with van der Waals surface area (Å²) in [5, 5.41) is 10.5. The Morgan fingerprint density at radius 1 is 1.64 bits per heavy atom. The van der Waals surface area contributed by atoms with Crippen molar-refractivity contribution in [3.63, 3.8) is 0 Å². The van der Waals surface area contributed by atoms with Gasteiger partial charge >= 0.3 is 5.82 Å². The molecular weight excluding hydrogens is 184 g/mol. The average Bonchev–Trinajstić information content (AvgIpc) is 2.48. The van der Waals surface area contributed by atoms with Gasteiger partial charge in [-0.05, 0) is 36.2 Å². The number of nitro groups is 1. The molecule has 2 N–H and O–H groups in total. The first kappa shape index (κ1) is 10.6. The number of unbranched alkanes of at least 4 members (excludes halogenated alkanes) is 1. The molecular formula is C8H14N4O2. The van der Waals surface area contributed by atoms with E-state index < -0.39 is 4.92 Å². The fourth-order valence-corrected chi connectivity index (χ4v) is 1.26. The van der Waals surface area contributed by atoms with Crippen LogP contribution in [0.1, 0.15) is 18.5 Å². The number of imidazole rings is 1. The first-order valence-corrected chi connectivity index (χ1v) is 4.53. The third kappa shape index (κ3) is 2.29. The largest absolute Gasteiger partial charge is 0.384 e. The van der Waals surface area contributed by atoms with E-state index in [1.807, 2.05) is 0 Å². The van der Waals surface area contributed by atoms with E-state index in [0.717, 1.165) is 19.4 Å². The van der Waals surface area contributed by atoms with Gasteiger partial charge in [-0.1, -0.05) is 0 Å². The molecule has 0 atom stereocenters. The molecule has 78 valence electrons. The van der Waals surface area contributed by atoms with Crippen molar-refractivity contribution in [2.75, 3.05) is 6.54 Å². The lowest BCUT2D eigenvalue weighted by atomic mass is 10.3. The molecule has 0 saturated heterocycles. The Hall–Kier alpha value is -1.43. The van der Waals surface area contributed by atoms with Gasteiger partial charge in [-0.25, -0.2) is 0 Å². The van der Waals surface area contributed by atoms with Gasteiger partial charge in [-0.2, -0.15) is 0 Å². The molecule has 1 aromatic heterocycles. The van der Waals surface area contributed by atoms with E-state index in [1.54, 1.807) is 11.5 Å². The Bertz CT molecular complexity index is 321. The second-order valence-corrected chi connectivity index (χ2v) is 3.10. The standard InChI is InChI=1S/C8H14N4O2/c1-7-8(12(13)14)10-6-11(7)5-3-2-4-9/h6H,2-5,9H2,1H3. The maximum absolute atomic E-state index is 10.5. The molecule has 1 heterocycles. The van der Waals surface area contributed by atoms with Crippen molar-refractivity contribution in [2.24, 2.45) is 5.73 Å². The summed E-state index contributed by atoms with van der Waals surface area (Å²) in [7, 11) is 0. The molecule has 0 spiro atoms. The highest BCUT2D eigenvalue weighted by atomic mass is 16.6. The fraction of sp³-hybridized carbons (Fsp3) is 0.625. The van der Waals surface area contributed by atoms with E-state index >= 15 is 0 Å². The van der Waals surface area contributed by atoms with Gasteiger partial charge < -0.3 is 20.4 Å². The topological polar surface area (TPSA) is 87.0 Å². The van der Waals surface area contributed by atoms with Gasteiger partial charge in [0.25, 0.3) is 0 Å². The van der Waals surface area contributed by atoms with Crippen LogP contribution < -0.4 is 5.73 Å². The second-order valence-electron chi connectivity index (χ2n) is 3.10. The van der Waals surface area contributed by atoms with Gasteiger partial charge in [-0.15, -0.1) is 0 Å². The summed E-state index contributed by atoms with van der Waals surface area (Å²) >= 11 is 0. The summed E-state index contributed by atoms with van der Waals surface area (Å²) in [5.41, 5.74) is 5.95. The lowest BCUT2D eigenvalue weighted by Crippen LogP contribution is -2.04. The number of nitrogens with zero attached hydrogens (tertiary/aromatic N) is 3. The summed E-state index contributed by atoms with van der Waals surface area (Å²) < 4.78 is 1.79. The summed E-state index contributed by atoms with van der Waals surface area (Å²) in [4.78, 5) is 13.7. The molecule has 0 bridgehead atoms. The van der Waals surface area contributed by atoms with E-state index in [9.17, 15) is 10.1 Å². The van der Waals surface area contributed by atoms with E-state index in [2.05, 4.69) is 4.98 Å². The van der Waals surface area contributed by atoms with Gasteiger partial charge in [-0.3, -0.25) is 0 Å². The number of hydrogen-bond donors (Lipinski definition) is 1. The zero-order chi connectivity index (χ0) is 10.6. The van der Waals surface area contributed by atoms with Crippen LogP contribution in [0.5, 0.6) is 0 Å². The Balaban J connectivity index is 2.65. The Labute approximate surface area is 81.9 Å². The van der Waals surface area contributed by atoms with E-state index in [0.29, 0.717) is 12.2 Å². The Morgan fingerprint density at radius 2 is 2.36 bits per heavy atom. The SMILES string of the molecule is Cc1c([N+](=O)[O-])ncn1CCCCN. The zero-order valence-electron chi connectivity index (χ0n) is 8.14. The van der Waals surface area contributed by atoms with Crippen LogP contribution in [0.2, 0.25) is 0 Å². The Kier molecular flexibility index (Phi) is 3.58. The van der Waals surface area contributed by atoms with Crippen LogP contribution in [-0.4, -0.2) is 21.0 Å². The minimum atomic E-state index is -0.464. The van der Waals surface area contributed by atoms with Gasteiger partial charge in [0.15, 0.2) is 0 Å². The van der Waals surface area contributed by atoms with Crippen LogP contribution >= 0.6 is 0 Å². The third-order valence-corrected chi connectivity index (χ3v) is 2.10. The third-order valence-electron chi connectivity index (χ3n) is 2.10. The second kappa shape index (κ2) is 4.71. The fourth-order valence-electron chi connectivity index (χ4n) is 1.26. The molecule has 0 aromatic carbocycles. The maximum atomic E-state index is 10.5. The van der Waals surface area contributed by atoms with Crippen LogP contribution in [0.4, 0.5) is 5.82 Å². The molecule has 6 heteroatoms. The first-order valence-electron chi connectivity index (χ1n) is 4.53. The monoisotopic (exact) mass is 198 g/mol. The smallest absolute Gasteiger partial charge is 0.358 e. The number of aryl methyl sites for hydroxylation is 1. The van der Waals surface area contributed by atoms with Crippen molar-refractivity contribution in [3.05, 3.63) is 22.1 Å². The lowest BCUT2D eigenvalue weighted by molar-refractivity contribution is -0.389. The highest BCUT2D eigenvalue weighted by Gasteiger charge is 2.16. The van der Waals surface area contributed by atoms with Crippen molar-refractivity contribution in [2.45, 2.75) is 26.3 Å². The van der Waals surface area contributed by atoms with Crippen LogP contribution in [-0.2, 0) is 6.54 Å². The van der Waals surface area contributed by atoms with Crippen LogP contribution in [0.3, 0.4) is 0 Å². The van der Waals surface area contributed by atoms with Crippen LogP contribution in [0.15, 0.2) is 6.33 Å². The predicted octanol–water partition coefficient (Wildman–Crippen LogP) is 0.839. The quantitative estimate of drug-likeness (QED) is 0.431. The molecule has 14 heavy (non-hydrogen) atoms. The maximum Gasteiger partial charge on any atom is 0.384 e. The van der Waals surface area contributed by atoms with Gasteiger partial charge in [0.05, 0.1) is 0 Å². The molecule has 0 amide bonds. The predicted molar refractivity (Wildman–Crippen MR) is 51.9 cm³/mol. The normalized spacial score (nSPS) is 10.4. The summed E-state index contributed by atoms with van der Waals surface area (Å²) in [6.45, 7) is 3.09. The molecule has 1 aromatic rings. The number of rotatable bonds is 5. The van der Waals surface area contributed by atoms with E-state index in [-0.39, 0.29) is 5.82 Å². The van der Waals surface area contributed by atoms with E-state index in [1.165, 1.54) is 6.33 Å². The van der Waals surface area contributed by atoms with Crippen LogP contribution in [0, 0.1) is 17.0 Å².